The summed E-state index contributed by atoms with van der Waals surface area (Å²) in [5, 5.41) is 5.19. The van der Waals surface area contributed by atoms with Gasteiger partial charge in [0.25, 0.3) is 0 Å². The number of carbonyl (C=O) groups excluding carboxylic acids is 3. The Labute approximate surface area is 225 Å². The van der Waals surface area contributed by atoms with Crippen molar-refractivity contribution >= 4 is 45.7 Å². The van der Waals surface area contributed by atoms with Crippen LogP contribution in [0.15, 0.2) is 91.0 Å². The highest BCUT2D eigenvalue weighted by Gasteiger charge is 2.69. The first-order valence-corrected chi connectivity index (χ1v) is 13.0. The summed E-state index contributed by atoms with van der Waals surface area (Å²) in [6.07, 6.45) is 4.05. The monoisotopic (exact) mass is 514 g/mol. The van der Waals surface area contributed by atoms with Crippen LogP contribution < -0.4 is 15.0 Å². The lowest BCUT2D eigenvalue weighted by Crippen LogP contribution is -2.51. The van der Waals surface area contributed by atoms with Crippen molar-refractivity contribution in [2.45, 2.75) is 24.4 Å². The minimum absolute atomic E-state index is 0.162. The van der Waals surface area contributed by atoms with Gasteiger partial charge in [-0.25, -0.2) is 0 Å². The smallest absolute Gasteiger partial charge is 0.238 e. The maximum absolute atomic E-state index is 14.6. The van der Waals surface area contributed by atoms with Crippen LogP contribution >= 0.6 is 0 Å². The first-order valence-electron chi connectivity index (χ1n) is 13.0. The fourth-order valence-corrected chi connectivity index (χ4v) is 7.04. The number of nitrogens with one attached hydrogen (secondary N) is 1. The predicted octanol–water partition coefficient (Wildman–Crippen LogP) is 5.41. The molecule has 0 radical (unpaired) electrons. The summed E-state index contributed by atoms with van der Waals surface area (Å²) in [6.45, 7) is 1.52. The second-order valence-electron chi connectivity index (χ2n) is 10.4. The van der Waals surface area contributed by atoms with Crippen LogP contribution in [0, 0.1) is 5.92 Å². The van der Waals surface area contributed by atoms with Gasteiger partial charge in [0.05, 0.1) is 25.1 Å². The standard InChI is InChI=1S/C33H26N2O4/c1-19(36)30-29(31(37)21-9-7-10-22(18-21)39-2)33(25-12-5-6-13-26(25)34-32(33)38)28-17-15-24-23-11-4-3-8-20(23)14-16-27(24)35(28)30/h3-18,28-30H,1-2H3,(H,34,38)/t28-,29-,30-,33-/m0/s1. The second kappa shape index (κ2) is 8.40. The molecule has 192 valence electrons. The summed E-state index contributed by atoms with van der Waals surface area (Å²) in [4.78, 5) is 44.4. The molecule has 1 fully saturated rings. The van der Waals surface area contributed by atoms with E-state index in [1.54, 1.807) is 31.4 Å². The Hall–Kier alpha value is -4.71. The van der Waals surface area contributed by atoms with Gasteiger partial charge >= 0.3 is 0 Å². The van der Waals surface area contributed by atoms with Crippen LogP contribution in [-0.2, 0) is 15.0 Å². The van der Waals surface area contributed by atoms with E-state index in [-0.39, 0.29) is 17.5 Å². The van der Waals surface area contributed by atoms with Gasteiger partial charge in [0.1, 0.15) is 11.2 Å². The summed E-state index contributed by atoms with van der Waals surface area (Å²) in [5.74, 6) is -1.11. The van der Waals surface area contributed by atoms with E-state index in [1.807, 2.05) is 65.6 Å². The highest BCUT2D eigenvalue weighted by atomic mass is 16.5. The molecule has 0 unspecified atom stereocenters. The van der Waals surface area contributed by atoms with Gasteiger partial charge in [-0.2, -0.15) is 0 Å². The third kappa shape index (κ3) is 3.05. The van der Waals surface area contributed by atoms with Crippen LogP contribution in [0.1, 0.15) is 28.4 Å². The maximum Gasteiger partial charge on any atom is 0.238 e. The molecule has 7 rings (SSSR count). The maximum atomic E-state index is 14.6. The molecule has 1 saturated heterocycles. The Morgan fingerprint density at radius 1 is 0.949 bits per heavy atom. The Balaban J connectivity index is 1.53. The minimum atomic E-state index is -1.30. The number of amides is 1. The molecule has 39 heavy (non-hydrogen) atoms. The van der Waals surface area contributed by atoms with E-state index in [1.165, 1.54) is 6.92 Å². The number of fused-ring (bicyclic) bond motifs is 8. The Bertz CT molecular complexity index is 1740. The van der Waals surface area contributed by atoms with Gasteiger partial charge < -0.3 is 15.0 Å². The highest BCUT2D eigenvalue weighted by Crippen LogP contribution is 2.58. The van der Waals surface area contributed by atoms with E-state index in [0.717, 1.165) is 27.6 Å². The van der Waals surface area contributed by atoms with Crippen molar-refractivity contribution in [2.24, 2.45) is 5.92 Å². The third-order valence-corrected chi connectivity index (χ3v) is 8.59. The minimum Gasteiger partial charge on any atom is -0.497 e. The SMILES string of the molecule is COc1cccc(C(=O)[C@@H]2[C@H](C(C)=O)N3c4ccc5ccccc5c4C=C[C@H]3[C@]23C(=O)Nc2ccccc23)c1. The zero-order chi connectivity index (χ0) is 26.9. The number of rotatable bonds is 4. The lowest BCUT2D eigenvalue weighted by molar-refractivity contribution is -0.122. The van der Waals surface area contributed by atoms with Gasteiger partial charge in [-0.15, -0.1) is 0 Å². The Morgan fingerprint density at radius 2 is 1.74 bits per heavy atom. The zero-order valence-electron chi connectivity index (χ0n) is 21.5. The van der Waals surface area contributed by atoms with Crippen LogP contribution in [0.3, 0.4) is 0 Å². The van der Waals surface area contributed by atoms with E-state index < -0.39 is 23.4 Å². The normalized spacial score (nSPS) is 24.3. The average molecular weight is 515 g/mol. The molecule has 0 saturated carbocycles. The second-order valence-corrected chi connectivity index (χ2v) is 10.4. The number of Topliss-reactive ketones (excluding diaryl/α,β-unsaturated/α-hetero) is 2. The number of ether oxygens (including phenoxy) is 1. The molecule has 1 amide bonds. The van der Waals surface area contributed by atoms with Crippen molar-refractivity contribution in [3.05, 3.63) is 108 Å². The topological polar surface area (TPSA) is 75.7 Å². The molecule has 3 aliphatic rings. The zero-order valence-corrected chi connectivity index (χ0v) is 21.5. The summed E-state index contributed by atoms with van der Waals surface area (Å²) < 4.78 is 5.40. The largest absolute Gasteiger partial charge is 0.497 e. The fourth-order valence-electron chi connectivity index (χ4n) is 7.04. The molecular weight excluding hydrogens is 488 g/mol. The highest BCUT2D eigenvalue weighted by molar-refractivity contribution is 6.17. The van der Waals surface area contributed by atoms with Crippen molar-refractivity contribution in [1.82, 2.24) is 0 Å². The van der Waals surface area contributed by atoms with Gasteiger partial charge in [-0.3, -0.25) is 14.4 Å². The van der Waals surface area contributed by atoms with Crippen LogP contribution in [-0.4, -0.2) is 36.7 Å². The quantitative estimate of drug-likeness (QED) is 0.369. The number of methoxy groups -OCH3 is 1. The molecular formula is C33H26N2O4. The van der Waals surface area contributed by atoms with Gasteiger partial charge in [0.2, 0.25) is 5.91 Å². The van der Waals surface area contributed by atoms with Crippen molar-refractivity contribution in [3.63, 3.8) is 0 Å². The van der Waals surface area contributed by atoms with Crippen molar-refractivity contribution in [2.75, 3.05) is 17.3 Å². The number of hydrogen-bond donors (Lipinski definition) is 1. The number of para-hydroxylation sites is 1. The van der Waals surface area contributed by atoms with E-state index >= 15 is 0 Å². The number of carbonyl (C=O) groups is 3. The Morgan fingerprint density at radius 3 is 2.56 bits per heavy atom. The van der Waals surface area contributed by atoms with Crippen LogP contribution in [0.2, 0.25) is 0 Å². The molecule has 0 bridgehead atoms. The predicted molar refractivity (Wildman–Crippen MR) is 151 cm³/mol. The average Bonchev–Trinajstić information content (AvgIpc) is 3.45. The third-order valence-electron chi connectivity index (χ3n) is 8.59. The number of benzene rings is 4. The van der Waals surface area contributed by atoms with E-state index in [0.29, 0.717) is 17.0 Å². The Kier molecular flexibility index (Phi) is 5.04. The molecule has 4 aromatic rings. The number of anilines is 2. The molecule has 4 atom stereocenters. The molecule has 1 spiro atoms. The molecule has 0 aromatic heterocycles. The van der Waals surface area contributed by atoms with E-state index in [2.05, 4.69) is 17.4 Å². The molecule has 0 aliphatic carbocycles. The lowest BCUT2D eigenvalue weighted by atomic mass is 9.64. The fraction of sp³-hybridized carbons (Fsp3) is 0.182. The van der Waals surface area contributed by atoms with Crippen LogP contribution in [0.4, 0.5) is 11.4 Å². The lowest BCUT2D eigenvalue weighted by Gasteiger charge is -2.38. The molecule has 3 aliphatic heterocycles. The molecule has 3 heterocycles. The van der Waals surface area contributed by atoms with Gasteiger partial charge in [-0.05, 0) is 47.5 Å². The first kappa shape index (κ1) is 23.4. The number of ketones is 2. The summed E-state index contributed by atoms with van der Waals surface area (Å²) in [7, 11) is 1.55. The van der Waals surface area contributed by atoms with Gasteiger partial charge in [0.15, 0.2) is 11.6 Å². The van der Waals surface area contributed by atoms with Gasteiger partial charge in [0, 0.05) is 22.5 Å². The van der Waals surface area contributed by atoms with E-state index in [4.69, 9.17) is 4.74 Å². The molecule has 6 heteroatoms. The first-order chi connectivity index (χ1) is 19.0. The van der Waals surface area contributed by atoms with Crippen LogP contribution in [0.25, 0.3) is 16.8 Å². The molecule has 6 nitrogen and oxygen atoms in total. The number of hydrogen-bond acceptors (Lipinski definition) is 5. The van der Waals surface area contributed by atoms with Crippen molar-refractivity contribution in [1.29, 1.82) is 0 Å². The van der Waals surface area contributed by atoms with Crippen molar-refractivity contribution in [3.8, 4) is 5.75 Å². The van der Waals surface area contributed by atoms with Crippen molar-refractivity contribution < 1.29 is 19.1 Å². The summed E-state index contributed by atoms with van der Waals surface area (Å²) in [5.41, 5.74) is 2.35. The number of nitrogens with zero attached hydrogens (tertiary/aromatic N) is 1. The summed E-state index contributed by atoms with van der Waals surface area (Å²) >= 11 is 0. The van der Waals surface area contributed by atoms with Gasteiger partial charge in [-0.1, -0.05) is 72.8 Å². The molecule has 1 N–H and O–H groups in total. The summed E-state index contributed by atoms with van der Waals surface area (Å²) in [6, 6.07) is 25.2. The van der Waals surface area contributed by atoms with Crippen LogP contribution in [0.5, 0.6) is 5.75 Å². The van der Waals surface area contributed by atoms with E-state index in [9.17, 15) is 14.4 Å². The molecule has 4 aromatic carbocycles.